The SMILES string of the molecule is C/C=C(/C=O)NC=O. The van der Waals surface area contributed by atoms with Crippen molar-refractivity contribution in [2.75, 3.05) is 0 Å². The van der Waals surface area contributed by atoms with Crippen LogP contribution in [0.25, 0.3) is 0 Å². The van der Waals surface area contributed by atoms with Crippen LogP contribution in [0.2, 0.25) is 0 Å². The lowest BCUT2D eigenvalue weighted by molar-refractivity contribution is -0.111. The summed E-state index contributed by atoms with van der Waals surface area (Å²) in [5, 5.41) is 2.19. The first-order valence-corrected chi connectivity index (χ1v) is 2.16. The molecule has 0 spiro atoms. The number of carbonyl (C=O) groups excluding carboxylic acids is 2. The Morgan fingerprint density at radius 3 is 2.25 bits per heavy atom. The molecule has 0 saturated carbocycles. The lowest BCUT2D eigenvalue weighted by Gasteiger charge is -1.89. The maximum absolute atomic E-state index is 9.84. The normalized spacial score (nSPS) is 10.4. The summed E-state index contributed by atoms with van der Waals surface area (Å²) in [7, 11) is 0. The van der Waals surface area contributed by atoms with Crippen LogP contribution in [-0.4, -0.2) is 12.7 Å². The highest BCUT2D eigenvalue weighted by Gasteiger charge is 1.84. The van der Waals surface area contributed by atoms with Gasteiger partial charge in [-0.3, -0.25) is 9.59 Å². The van der Waals surface area contributed by atoms with Crippen LogP contribution in [-0.2, 0) is 9.59 Å². The lowest BCUT2D eigenvalue weighted by atomic mass is 10.4. The van der Waals surface area contributed by atoms with E-state index >= 15 is 0 Å². The largest absolute Gasteiger partial charge is 0.326 e. The van der Waals surface area contributed by atoms with E-state index in [1.807, 2.05) is 0 Å². The Hall–Kier alpha value is -1.12. The van der Waals surface area contributed by atoms with Gasteiger partial charge in [-0.15, -0.1) is 0 Å². The Morgan fingerprint density at radius 2 is 2.12 bits per heavy atom. The van der Waals surface area contributed by atoms with E-state index in [1.165, 1.54) is 6.08 Å². The second-order valence-electron chi connectivity index (χ2n) is 1.12. The maximum atomic E-state index is 9.84. The molecule has 1 N–H and O–H groups in total. The van der Waals surface area contributed by atoms with E-state index in [-0.39, 0.29) is 0 Å². The maximum Gasteiger partial charge on any atom is 0.211 e. The molecule has 0 aromatic carbocycles. The van der Waals surface area contributed by atoms with Crippen molar-refractivity contribution in [1.82, 2.24) is 5.32 Å². The predicted molar refractivity (Wildman–Crippen MR) is 29.0 cm³/mol. The second kappa shape index (κ2) is 4.05. The van der Waals surface area contributed by atoms with E-state index in [0.717, 1.165) is 0 Å². The molecule has 1 amide bonds. The minimum Gasteiger partial charge on any atom is -0.326 e. The molecular weight excluding hydrogens is 106 g/mol. The van der Waals surface area contributed by atoms with Gasteiger partial charge in [-0.2, -0.15) is 0 Å². The zero-order chi connectivity index (χ0) is 6.41. The van der Waals surface area contributed by atoms with Crippen molar-refractivity contribution >= 4 is 12.7 Å². The minimum atomic E-state index is 0.292. The Balaban J connectivity index is 3.71. The molecule has 0 saturated heterocycles. The van der Waals surface area contributed by atoms with E-state index in [0.29, 0.717) is 18.4 Å². The number of carbonyl (C=O) groups is 2. The van der Waals surface area contributed by atoms with Gasteiger partial charge in [-0.05, 0) is 6.92 Å². The van der Waals surface area contributed by atoms with Gasteiger partial charge in [-0.25, -0.2) is 0 Å². The molecule has 0 aliphatic carbocycles. The number of aldehydes is 1. The third-order valence-electron chi connectivity index (χ3n) is 0.664. The van der Waals surface area contributed by atoms with Crippen LogP contribution in [0.5, 0.6) is 0 Å². The molecule has 0 aliphatic heterocycles. The van der Waals surface area contributed by atoms with Crippen molar-refractivity contribution in [2.24, 2.45) is 0 Å². The lowest BCUT2D eigenvalue weighted by Crippen LogP contribution is -2.10. The summed E-state index contributed by atoms with van der Waals surface area (Å²) in [6.07, 6.45) is 2.56. The predicted octanol–water partition coefficient (Wildman–Crippen LogP) is -0.165. The van der Waals surface area contributed by atoms with E-state index in [9.17, 15) is 9.59 Å². The quantitative estimate of drug-likeness (QED) is 0.408. The van der Waals surface area contributed by atoms with Crippen LogP contribution < -0.4 is 5.32 Å². The molecule has 0 aromatic heterocycles. The van der Waals surface area contributed by atoms with Crippen LogP contribution in [0.1, 0.15) is 6.92 Å². The molecule has 0 aliphatic rings. The molecule has 3 nitrogen and oxygen atoms in total. The Bertz CT molecular complexity index is 118. The second-order valence-corrected chi connectivity index (χ2v) is 1.12. The zero-order valence-corrected chi connectivity index (χ0v) is 4.55. The Morgan fingerprint density at radius 1 is 1.50 bits per heavy atom. The van der Waals surface area contributed by atoms with E-state index in [4.69, 9.17) is 0 Å². The summed E-state index contributed by atoms with van der Waals surface area (Å²) in [5.74, 6) is 0. The van der Waals surface area contributed by atoms with Crippen LogP contribution in [0.15, 0.2) is 11.8 Å². The first-order chi connectivity index (χ1) is 3.85. The number of hydrogen-bond donors (Lipinski definition) is 1. The number of allylic oxidation sites excluding steroid dienone is 2. The first-order valence-electron chi connectivity index (χ1n) is 2.16. The smallest absolute Gasteiger partial charge is 0.211 e. The Kier molecular flexibility index (Phi) is 3.48. The van der Waals surface area contributed by atoms with Crippen LogP contribution in [0, 0.1) is 0 Å². The monoisotopic (exact) mass is 113 g/mol. The molecule has 3 heteroatoms. The van der Waals surface area contributed by atoms with Crippen molar-refractivity contribution in [3.05, 3.63) is 11.8 Å². The van der Waals surface area contributed by atoms with Gasteiger partial charge >= 0.3 is 0 Å². The van der Waals surface area contributed by atoms with Gasteiger partial charge in [0.15, 0.2) is 6.29 Å². The first kappa shape index (κ1) is 6.88. The molecular formula is C5H7NO2. The van der Waals surface area contributed by atoms with Gasteiger partial charge in [-0.1, -0.05) is 6.08 Å². The fourth-order valence-electron chi connectivity index (χ4n) is 0.253. The number of rotatable bonds is 3. The summed E-state index contributed by atoms with van der Waals surface area (Å²) < 4.78 is 0. The zero-order valence-electron chi connectivity index (χ0n) is 4.55. The van der Waals surface area contributed by atoms with Crippen molar-refractivity contribution in [3.63, 3.8) is 0 Å². The summed E-state index contributed by atoms with van der Waals surface area (Å²) in [6, 6.07) is 0. The minimum absolute atomic E-state index is 0.292. The van der Waals surface area contributed by atoms with Crippen molar-refractivity contribution in [3.8, 4) is 0 Å². The van der Waals surface area contributed by atoms with E-state index in [2.05, 4.69) is 5.32 Å². The van der Waals surface area contributed by atoms with Crippen molar-refractivity contribution in [2.45, 2.75) is 6.92 Å². The third-order valence-corrected chi connectivity index (χ3v) is 0.664. The molecule has 0 radical (unpaired) electrons. The molecule has 0 heterocycles. The number of amides is 1. The molecule has 0 atom stereocenters. The third kappa shape index (κ3) is 2.12. The highest BCUT2D eigenvalue weighted by atomic mass is 16.1. The van der Waals surface area contributed by atoms with Crippen LogP contribution in [0.3, 0.4) is 0 Å². The van der Waals surface area contributed by atoms with Crippen LogP contribution in [0.4, 0.5) is 0 Å². The summed E-state index contributed by atoms with van der Waals surface area (Å²) in [4.78, 5) is 19.5. The molecule has 8 heavy (non-hydrogen) atoms. The average molecular weight is 113 g/mol. The Labute approximate surface area is 47.4 Å². The van der Waals surface area contributed by atoms with Gasteiger partial charge in [0.2, 0.25) is 6.41 Å². The summed E-state index contributed by atoms with van der Waals surface area (Å²) in [6.45, 7) is 1.67. The molecule has 44 valence electrons. The van der Waals surface area contributed by atoms with Crippen molar-refractivity contribution in [1.29, 1.82) is 0 Å². The standard InChI is InChI=1S/C5H7NO2/c1-2-5(3-7)6-4-8/h2-4H,1H3,(H,6,8)/b5-2-. The van der Waals surface area contributed by atoms with Gasteiger partial charge in [0.1, 0.15) is 0 Å². The molecule has 0 bridgehead atoms. The number of nitrogens with one attached hydrogen (secondary N) is 1. The molecule has 0 aromatic rings. The average Bonchev–Trinajstić information content (AvgIpc) is 1.83. The topological polar surface area (TPSA) is 46.2 Å². The molecule has 0 rings (SSSR count). The van der Waals surface area contributed by atoms with E-state index in [1.54, 1.807) is 6.92 Å². The highest BCUT2D eigenvalue weighted by molar-refractivity contribution is 5.76. The molecule has 0 unspecified atom stereocenters. The fourth-order valence-corrected chi connectivity index (χ4v) is 0.253. The highest BCUT2D eigenvalue weighted by Crippen LogP contribution is 1.76. The fraction of sp³-hybridized carbons (Fsp3) is 0.200. The van der Waals surface area contributed by atoms with Crippen molar-refractivity contribution < 1.29 is 9.59 Å². The van der Waals surface area contributed by atoms with E-state index < -0.39 is 0 Å². The van der Waals surface area contributed by atoms with Crippen LogP contribution >= 0.6 is 0 Å². The van der Waals surface area contributed by atoms with Gasteiger partial charge in [0.25, 0.3) is 0 Å². The summed E-state index contributed by atoms with van der Waals surface area (Å²) in [5.41, 5.74) is 0.292. The number of hydrogen-bond acceptors (Lipinski definition) is 2. The van der Waals surface area contributed by atoms with Gasteiger partial charge in [0.05, 0.1) is 5.70 Å². The van der Waals surface area contributed by atoms with Gasteiger partial charge < -0.3 is 5.32 Å². The summed E-state index contributed by atoms with van der Waals surface area (Å²) >= 11 is 0. The van der Waals surface area contributed by atoms with Gasteiger partial charge in [0, 0.05) is 0 Å². The molecule has 0 fully saturated rings.